The highest BCUT2D eigenvalue weighted by atomic mass is 16.6. The molecule has 1 aliphatic heterocycles. The van der Waals surface area contributed by atoms with Gasteiger partial charge < -0.3 is 30.2 Å². The smallest absolute Gasteiger partial charge is 0.314 e. The Balaban J connectivity index is 1.60. The minimum atomic E-state index is -1.17. The van der Waals surface area contributed by atoms with Crippen LogP contribution in [0.5, 0.6) is 0 Å². The van der Waals surface area contributed by atoms with Gasteiger partial charge in [-0.3, -0.25) is 9.59 Å². The van der Waals surface area contributed by atoms with Gasteiger partial charge in [0.1, 0.15) is 30.0 Å². The van der Waals surface area contributed by atoms with Gasteiger partial charge in [-0.1, -0.05) is 30.3 Å². The first-order chi connectivity index (χ1) is 15.4. The Morgan fingerprint density at radius 3 is 2.50 bits per heavy atom. The molecule has 1 aromatic carbocycles. The molecule has 3 heterocycles. The summed E-state index contributed by atoms with van der Waals surface area (Å²) < 4.78 is 7.41. The van der Waals surface area contributed by atoms with Crippen molar-refractivity contribution in [2.75, 3.05) is 5.32 Å². The molecular weight excluding hydrogens is 414 g/mol. The van der Waals surface area contributed by atoms with Crippen LogP contribution < -0.4 is 10.6 Å². The second-order valence-corrected chi connectivity index (χ2v) is 8.15. The third-order valence-corrected chi connectivity index (χ3v) is 5.80. The highest BCUT2D eigenvalue weighted by Crippen LogP contribution is 2.38. The van der Waals surface area contributed by atoms with Crippen molar-refractivity contribution in [3.05, 3.63) is 42.9 Å². The lowest BCUT2D eigenvalue weighted by molar-refractivity contribution is -0.136. The monoisotopic (exact) mass is 437 g/mol. The van der Waals surface area contributed by atoms with Crippen molar-refractivity contribution in [3.63, 3.8) is 0 Å². The molecule has 0 spiro atoms. The van der Waals surface area contributed by atoms with Crippen LogP contribution in [0, 0.1) is 0 Å². The molecule has 0 bridgehead atoms. The molecule has 2 fully saturated rings. The molecule has 1 aliphatic carbocycles. The summed E-state index contributed by atoms with van der Waals surface area (Å²) in [4.78, 5) is 33.2. The molecule has 2 amide bonds. The third-order valence-electron chi connectivity index (χ3n) is 5.80. The van der Waals surface area contributed by atoms with E-state index in [1.807, 2.05) is 30.3 Å². The normalized spacial score (nSPS) is 25.1. The quantitative estimate of drug-likeness (QED) is 0.446. The van der Waals surface area contributed by atoms with Gasteiger partial charge in [0.15, 0.2) is 6.23 Å². The van der Waals surface area contributed by atoms with Gasteiger partial charge in [-0.05, 0) is 25.3 Å². The maximum Gasteiger partial charge on any atom is 0.314 e. The zero-order chi connectivity index (χ0) is 22.4. The van der Waals surface area contributed by atoms with Crippen molar-refractivity contribution in [1.82, 2.24) is 19.9 Å². The number of aliphatic hydroxyl groups excluding tert-OH is 2. The Kier molecular flexibility index (Phi) is 5.12. The number of amides is 2. The predicted octanol–water partition coefficient (Wildman–Crippen LogP) is 0.954. The van der Waals surface area contributed by atoms with Crippen LogP contribution in [0.1, 0.15) is 26.0 Å². The SMILES string of the molecule is C[C@H]1O[C@@H](n2cc(-c3ccccc3)c3c(NC(=O)C(=O)NC4CC4)ncnc32)[C@H](O)[C@@H]1O. The van der Waals surface area contributed by atoms with E-state index in [4.69, 9.17) is 4.74 Å². The lowest BCUT2D eigenvalue weighted by atomic mass is 10.1. The van der Waals surface area contributed by atoms with Gasteiger partial charge in [-0.25, -0.2) is 9.97 Å². The van der Waals surface area contributed by atoms with Crippen LogP contribution in [0.4, 0.5) is 5.82 Å². The Morgan fingerprint density at radius 2 is 1.84 bits per heavy atom. The third kappa shape index (κ3) is 3.62. The number of hydrogen-bond donors (Lipinski definition) is 4. The predicted molar refractivity (Wildman–Crippen MR) is 114 cm³/mol. The molecule has 10 heteroatoms. The molecule has 32 heavy (non-hydrogen) atoms. The number of carbonyl (C=O) groups is 2. The number of nitrogens with one attached hydrogen (secondary N) is 2. The van der Waals surface area contributed by atoms with E-state index in [0.29, 0.717) is 16.6 Å². The second-order valence-electron chi connectivity index (χ2n) is 8.15. The van der Waals surface area contributed by atoms with E-state index < -0.39 is 36.4 Å². The number of hydrogen-bond acceptors (Lipinski definition) is 7. The lowest BCUT2D eigenvalue weighted by Crippen LogP contribution is -2.36. The van der Waals surface area contributed by atoms with Gasteiger partial charge in [0, 0.05) is 17.8 Å². The van der Waals surface area contributed by atoms with E-state index >= 15 is 0 Å². The number of ether oxygens (including phenoxy) is 1. The van der Waals surface area contributed by atoms with Gasteiger partial charge in [0.05, 0.1) is 11.5 Å². The van der Waals surface area contributed by atoms with Crippen molar-refractivity contribution in [3.8, 4) is 11.1 Å². The first-order valence-corrected chi connectivity index (χ1v) is 10.5. The van der Waals surface area contributed by atoms with E-state index in [0.717, 1.165) is 18.4 Å². The maximum atomic E-state index is 12.5. The first kappa shape index (κ1) is 20.6. The van der Waals surface area contributed by atoms with Crippen LogP contribution in [0.2, 0.25) is 0 Å². The van der Waals surface area contributed by atoms with Crippen molar-refractivity contribution < 1.29 is 24.5 Å². The van der Waals surface area contributed by atoms with Crippen molar-refractivity contribution in [2.24, 2.45) is 0 Å². The standard InChI is InChI=1S/C22H23N5O5/c1-11-16(28)17(29)22(32-11)27-9-14(12-5-3-2-4-6-12)15-18(23-10-24-19(15)27)26-21(31)20(30)25-13-7-8-13/h2-6,9-11,13,16-17,22,28-29H,7-8H2,1H3,(H,25,30)(H,23,24,26,31)/t11-,16-,17-,22-/m1/s1. The minimum absolute atomic E-state index is 0.0500. The summed E-state index contributed by atoms with van der Waals surface area (Å²) in [5.41, 5.74) is 1.90. The summed E-state index contributed by atoms with van der Waals surface area (Å²) in [6.07, 6.45) is 1.08. The van der Waals surface area contributed by atoms with E-state index in [1.54, 1.807) is 17.7 Å². The topological polar surface area (TPSA) is 139 Å². The van der Waals surface area contributed by atoms with Crippen LogP contribution in [-0.2, 0) is 14.3 Å². The average Bonchev–Trinajstić information content (AvgIpc) is 3.48. The zero-order valence-electron chi connectivity index (χ0n) is 17.3. The van der Waals surface area contributed by atoms with Gasteiger partial charge in [0.25, 0.3) is 0 Å². The summed E-state index contributed by atoms with van der Waals surface area (Å²) >= 11 is 0. The zero-order valence-corrected chi connectivity index (χ0v) is 17.3. The van der Waals surface area contributed by atoms with Gasteiger partial charge in [-0.2, -0.15) is 0 Å². The summed E-state index contributed by atoms with van der Waals surface area (Å²) in [7, 11) is 0. The van der Waals surface area contributed by atoms with E-state index in [-0.39, 0.29) is 11.9 Å². The van der Waals surface area contributed by atoms with Crippen LogP contribution in [0.15, 0.2) is 42.9 Å². The molecule has 0 unspecified atom stereocenters. The number of nitrogens with zero attached hydrogens (tertiary/aromatic N) is 3. The molecule has 1 saturated heterocycles. The maximum absolute atomic E-state index is 12.5. The highest BCUT2D eigenvalue weighted by Gasteiger charge is 2.42. The summed E-state index contributed by atoms with van der Waals surface area (Å²) in [5, 5.41) is 26.5. The van der Waals surface area contributed by atoms with Crippen LogP contribution in [0.25, 0.3) is 22.2 Å². The van der Waals surface area contributed by atoms with Crippen LogP contribution in [-0.4, -0.2) is 60.9 Å². The molecule has 4 atom stereocenters. The van der Waals surface area contributed by atoms with E-state index in [2.05, 4.69) is 20.6 Å². The number of rotatable bonds is 4. The largest absolute Gasteiger partial charge is 0.388 e. The highest BCUT2D eigenvalue weighted by molar-refractivity contribution is 6.40. The molecule has 5 rings (SSSR count). The molecular formula is C22H23N5O5. The molecule has 4 N–H and O–H groups in total. The Labute approximate surface area is 183 Å². The Morgan fingerprint density at radius 1 is 1.09 bits per heavy atom. The van der Waals surface area contributed by atoms with E-state index in [9.17, 15) is 19.8 Å². The second kappa shape index (κ2) is 7.97. The van der Waals surface area contributed by atoms with E-state index in [1.165, 1.54) is 6.33 Å². The molecule has 2 aromatic heterocycles. The lowest BCUT2D eigenvalue weighted by Gasteiger charge is -2.17. The van der Waals surface area contributed by atoms with Gasteiger partial charge in [0.2, 0.25) is 0 Å². The average molecular weight is 437 g/mol. The fourth-order valence-electron chi connectivity index (χ4n) is 3.91. The summed E-state index contributed by atoms with van der Waals surface area (Å²) in [5.74, 6) is -1.36. The fraction of sp³-hybridized carbons (Fsp3) is 0.364. The first-order valence-electron chi connectivity index (χ1n) is 10.5. The molecule has 0 radical (unpaired) electrons. The minimum Gasteiger partial charge on any atom is -0.388 e. The molecule has 2 aliphatic rings. The van der Waals surface area contributed by atoms with Crippen molar-refractivity contribution in [2.45, 2.75) is 50.3 Å². The van der Waals surface area contributed by atoms with Crippen LogP contribution in [0.3, 0.4) is 0 Å². The van der Waals surface area contributed by atoms with Crippen molar-refractivity contribution in [1.29, 1.82) is 0 Å². The number of aliphatic hydroxyl groups is 2. The van der Waals surface area contributed by atoms with Gasteiger partial charge >= 0.3 is 11.8 Å². The molecule has 3 aromatic rings. The van der Waals surface area contributed by atoms with Crippen LogP contribution >= 0.6 is 0 Å². The Hall–Kier alpha value is -3.34. The Bertz CT molecular complexity index is 1180. The number of aromatic nitrogens is 3. The fourth-order valence-corrected chi connectivity index (χ4v) is 3.91. The molecule has 1 saturated carbocycles. The molecule has 166 valence electrons. The molecule has 10 nitrogen and oxygen atoms in total. The summed E-state index contributed by atoms with van der Waals surface area (Å²) in [6.45, 7) is 1.68. The number of fused-ring (bicyclic) bond motifs is 1. The number of anilines is 1. The van der Waals surface area contributed by atoms with Gasteiger partial charge in [-0.15, -0.1) is 0 Å². The number of benzene rings is 1. The van der Waals surface area contributed by atoms with Crippen molar-refractivity contribution >= 4 is 28.7 Å². The number of carbonyl (C=O) groups excluding carboxylic acids is 2. The summed E-state index contributed by atoms with van der Waals surface area (Å²) in [6, 6.07) is 9.45.